The maximum atomic E-state index is 4.42. The third-order valence-electron chi connectivity index (χ3n) is 4.21. The maximum absolute atomic E-state index is 4.42. The minimum Gasteiger partial charge on any atom is -0.361 e. The molecular formula is C16H18N4. The van der Waals surface area contributed by atoms with Gasteiger partial charge in [-0.3, -0.25) is 0 Å². The third kappa shape index (κ3) is 1.92. The first-order valence-corrected chi connectivity index (χ1v) is 7.38. The van der Waals surface area contributed by atoms with Crippen LogP contribution in [0.1, 0.15) is 36.5 Å². The van der Waals surface area contributed by atoms with Gasteiger partial charge in [-0.25, -0.2) is 0 Å². The molecule has 0 bridgehead atoms. The Bertz CT molecular complexity index is 738. The lowest BCUT2D eigenvalue weighted by molar-refractivity contribution is 0.612. The Morgan fingerprint density at radius 1 is 1.10 bits per heavy atom. The molecule has 4 rings (SSSR count). The average molecular weight is 266 g/mol. The molecule has 0 amide bonds. The van der Waals surface area contributed by atoms with E-state index in [0.29, 0.717) is 0 Å². The van der Waals surface area contributed by atoms with E-state index in [1.54, 1.807) is 0 Å². The number of H-pyrrole nitrogens is 1. The highest BCUT2D eigenvalue weighted by molar-refractivity contribution is 5.83. The summed E-state index contributed by atoms with van der Waals surface area (Å²) in [7, 11) is 0. The van der Waals surface area contributed by atoms with Crippen LogP contribution in [0.2, 0.25) is 0 Å². The van der Waals surface area contributed by atoms with Crippen LogP contribution < -0.4 is 0 Å². The summed E-state index contributed by atoms with van der Waals surface area (Å²) in [5, 5.41) is 10.1. The molecule has 3 aromatic rings. The second kappa shape index (κ2) is 4.78. The van der Waals surface area contributed by atoms with E-state index in [1.807, 2.05) is 0 Å². The lowest BCUT2D eigenvalue weighted by atomic mass is 10.1. The van der Waals surface area contributed by atoms with E-state index < -0.39 is 0 Å². The van der Waals surface area contributed by atoms with Crippen molar-refractivity contribution in [3.63, 3.8) is 0 Å². The zero-order valence-corrected chi connectivity index (χ0v) is 11.5. The normalized spacial score (nSPS) is 15.2. The maximum Gasteiger partial charge on any atom is 0.137 e. The number of benzene rings is 1. The third-order valence-corrected chi connectivity index (χ3v) is 4.21. The van der Waals surface area contributed by atoms with Crippen LogP contribution in [0.3, 0.4) is 0 Å². The van der Waals surface area contributed by atoms with E-state index in [2.05, 4.69) is 50.2 Å². The van der Waals surface area contributed by atoms with Gasteiger partial charge in [-0.05, 0) is 24.5 Å². The van der Waals surface area contributed by atoms with Crippen molar-refractivity contribution in [1.82, 2.24) is 19.7 Å². The first-order valence-electron chi connectivity index (χ1n) is 7.38. The number of hydrogen-bond acceptors (Lipinski definition) is 2. The standard InChI is InChI=1S/C16H18N4/c1-2-8-15-18-19-16(20(15)9-5-1)10-12-11-17-14-7-4-3-6-13(12)14/h3-4,6-7,11,17H,1-2,5,8-10H2. The van der Waals surface area contributed by atoms with E-state index in [-0.39, 0.29) is 0 Å². The minimum atomic E-state index is 0.858. The molecule has 102 valence electrons. The van der Waals surface area contributed by atoms with E-state index in [1.165, 1.54) is 35.7 Å². The van der Waals surface area contributed by atoms with Gasteiger partial charge in [0.2, 0.25) is 0 Å². The molecule has 0 unspecified atom stereocenters. The Morgan fingerprint density at radius 3 is 3.05 bits per heavy atom. The van der Waals surface area contributed by atoms with Crippen molar-refractivity contribution >= 4 is 10.9 Å². The first kappa shape index (κ1) is 11.7. The highest BCUT2D eigenvalue weighted by Crippen LogP contribution is 2.22. The molecule has 0 atom stereocenters. The Labute approximate surface area is 117 Å². The molecule has 3 heterocycles. The Hall–Kier alpha value is -2.10. The molecule has 0 aliphatic carbocycles. The van der Waals surface area contributed by atoms with Gasteiger partial charge in [0, 0.05) is 36.5 Å². The van der Waals surface area contributed by atoms with E-state index in [4.69, 9.17) is 0 Å². The van der Waals surface area contributed by atoms with Crippen molar-refractivity contribution < 1.29 is 0 Å². The van der Waals surface area contributed by atoms with E-state index in [9.17, 15) is 0 Å². The van der Waals surface area contributed by atoms with Gasteiger partial charge >= 0.3 is 0 Å². The van der Waals surface area contributed by atoms with Crippen LogP contribution in [0.5, 0.6) is 0 Å². The van der Waals surface area contributed by atoms with Crippen LogP contribution in [-0.2, 0) is 19.4 Å². The molecule has 1 aliphatic heterocycles. The molecule has 0 fully saturated rings. The van der Waals surface area contributed by atoms with Crippen molar-refractivity contribution in [3.8, 4) is 0 Å². The van der Waals surface area contributed by atoms with Gasteiger partial charge in [-0.15, -0.1) is 10.2 Å². The average Bonchev–Trinajstić information content (AvgIpc) is 2.97. The molecule has 4 nitrogen and oxygen atoms in total. The van der Waals surface area contributed by atoms with Crippen LogP contribution in [0.15, 0.2) is 30.5 Å². The number of fused-ring (bicyclic) bond motifs is 2. The molecular weight excluding hydrogens is 248 g/mol. The van der Waals surface area contributed by atoms with E-state index in [0.717, 1.165) is 31.0 Å². The lowest BCUT2D eigenvalue weighted by Crippen LogP contribution is -2.06. The minimum absolute atomic E-state index is 0.858. The molecule has 2 aromatic heterocycles. The predicted octanol–water partition coefficient (Wildman–Crippen LogP) is 3.08. The van der Waals surface area contributed by atoms with Gasteiger partial charge in [0.05, 0.1) is 0 Å². The highest BCUT2D eigenvalue weighted by atomic mass is 15.3. The molecule has 0 spiro atoms. The van der Waals surface area contributed by atoms with Gasteiger partial charge in [-0.1, -0.05) is 24.6 Å². The fourth-order valence-electron chi connectivity index (χ4n) is 3.12. The van der Waals surface area contributed by atoms with Crippen LogP contribution in [-0.4, -0.2) is 19.7 Å². The summed E-state index contributed by atoms with van der Waals surface area (Å²) in [4.78, 5) is 3.34. The molecule has 0 saturated heterocycles. The number of nitrogens with zero attached hydrogens (tertiary/aromatic N) is 3. The van der Waals surface area contributed by atoms with Crippen molar-refractivity contribution in [1.29, 1.82) is 0 Å². The second-order valence-corrected chi connectivity index (χ2v) is 5.53. The number of aromatic nitrogens is 4. The van der Waals surface area contributed by atoms with Gasteiger partial charge in [0.1, 0.15) is 11.6 Å². The molecule has 4 heteroatoms. The topological polar surface area (TPSA) is 46.5 Å². The highest BCUT2D eigenvalue weighted by Gasteiger charge is 2.15. The number of hydrogen-bond donors (Lipinski definition) is 1. The quantitative estimate of drug-likeness (QED) is 0.774. The van der Waals surface area contributed by atoms with Gasteiger partial charge in [-0.2, -0.15) is 0 Å². The van der Waals surface area contributed by atoms with Crippen molar-refractivity contribution in [2.75, 3.05) is 0 Å². The van der Waals surface area contributed by atoms with Crippen molar-refractivity contribution in [3.05, 3.63) is 47.7 Å². The van der Waals surface area contributed by atoms with Crippen LogP contribution in [0.4, 0.5) is 0 Å². The van der Waals surface area contributed by atoms with Gasteiger partial charge in [0.15, 0.2) is 0 Å². The molecule has 1 aliphatic rings. The Kier molecular flexibility index (Phi) is 2.80. The van der Waals surface area contributed by atoms with Gasteiger partial charge < -0.3 is 9.55 Å². The summed E-state index contributed by atoms with van der Waals surface area (Å²) < 4.78 is 2.33. The number of para-hydroxylation sites is 1. The number of rotatable bonds is 2. The number of nitrogens with one attached hydrogen (secondary N) is 1. The monoisotopic (exact) mass is 266 g/mol. The summed E-state index contributed by atoms with van der Waals surface area (Å²) in [5.74, 6) is 2.27. The molecule has 1 N–H and O–H groups in total. The summed E-state index contributed by atoms with van der Waals surface area (Å²) in [6.45, 7) is 1.07. The SMILES string of the molecule is c1ccc2c(Cc3nnc4n3CCCCC4)c[nH]c2c1. The van der Waals surface area contributed by atoms with Crippen molar-refractivity contribution in [2.45, 2.75) is 38.6 Å². The van der Waals surface area contributed by atoms with Crippen molar-refractivity contribution in [2.24, 2.45) is 0 Å². The smallest absolute Gasteiger partial charge is 0.137 e. The van der Waals surface area contributed by atoms with E-state index >= 15 is 0 Å². The van der Waals surface area contributed by atoms with Gasteiger partial charge in [0.25, 0.3) is 0 Å². The lowest BCUT2D eigenvalue weighted by Gasteiger charge is -2.06. The second-order valence-electron chi connectivity index (χ2n) is 5.53. The molecule has 1 aromatic carbocycles. The first-order chi connectivity index (χ1) is 9.92. The van der Waals surface area contributed by atoms with Crippen LogP contribution >= 0.6 is 0 Å². The Morgan fingerprint density at radius 2 is 2.05 bits per heavy atom. The fourth-order valence-corrected chi connectivity index (χ4v) is 3.12. The summed E-state index contributed by atoms with van der Waals surface area (Å²) in [6.07, 6.45) is 7.81. The fraction of sp³-hybridized carbons (Fsp3) is 0.375. The molecule has 20 heavy (non-hydrogen) atoms. The molecule has 0 saturated carbocycles. The zero-order chi connectivity index (χ0) is 13.4. The number of aromatic amines is 1. The van der Waals surface area contributed by atoms with Crippen LogP contribution in [0.25, 0.3) is 10.9 Å². The molecule has 0 radical (unpaired) electrons. The summed E-state index contributed by atoms with van der Waals surface area (Å²) in [6, 6.07) is 8.43. The largest absolute Gasteiger partial charge is 0.361 e. The van der Waals surface area contributed by atoms with Crippen LogP contribution in [0, 0.1) is 0 Å². The number of aryl methyl sites for hydroxylation is 1. The zero-order valence-electron chi connectivity index (χ0n) is 11.5. The Balaban J connectivity index is 1.71. The predicted molar refractivity (Wildman–Crippen MR) is 78.7 cm³/mol. The summed E-state index contributed by atoms with van der Waals surface area (Å²) in [5.41, 5.74) is 2.50. The summed E-state index contributed by atoms with van der Waals surface area (Å²) >= 11 is 0.